The zero-order chi connectivity index (χ0) is 21.0. The Bertz CT molecular complexity index is 1030. The van der Waals surface area contributed by atoms with Crippen LogP contribution in [0, 0.1) is 0 Å². The molecule has 0 bridgehead atoms. The number of sulfonamides is 1. The summed E-state index contributed by atoms with van der Waals surface area (Å²) in [5, 5.41) is 0.495. The molecule has 1 aromatic heterocycles. The van der Waals surface area contributed by atoms with Crippen molar-refractivity contribution >= 4 is 26.8 Å². The summed E-state index contributed by atoms with van der Waals surface area (Å²) in [5.74, 6) is 0.202. The molecule has 2 heterocycles. The molecule has 0 aliphatic carbocycles. The van der Waals surface area contributed by atoms with E-state index in [1.807, 2.05) is 13.8 Å². The van der Waals surface area contributed by atoms with Crippen molar-refractivity contribution in [3.05, 3.63) is 40.4 Å². The average molecular weight is 421 g/mol. The fraction of sp³-hybridized carbons (Fsp3) is 0.550. The van der Waals surface area contributed by atoms with Crippen LogP contribution >= 0.6 is 0 Å². The molecule has 0 radical (unpaired) electrons. The van der Waals surface area contributed by atoms with E-state index in [1.165, 1.54) is 4.31 Å². The van der Waals surface area contributed by atoms with Gasteiger partial charge in [0, 0.05) is 13.1 Å². The third-order valence-corrected chi connectivity index (χ3v) is 7.33. The number of H-pyrrole nitrogens is 1. The van der Waals surface area contributed by atoms with Crippen molar-refractivity contribution in [1.29, 1.82) is 0 Å². The molecular formula is C20H28N4O4S. The third-order valence-electron chi connectivity index (χ3n) is 5.25. The number of para-hydroxylation sites is 1. The Hall–Kier alpha value is -2.26. The lowest BCUT2D eigenvalue weighted by molar-refractivity contribution is -0.136. The molecule has 0 saturated carbocycles. The van der Waals surface area contributed by atoms with Crippen molar-refractivity contribution in [2.75, 3.05) is 18.8 Å². The third kappa shape index (κ3) is 4.67. The quantitative estimate of drug-likeness (QED) is 0.736. The summed E-state index contributed by atoms with van der Waals surface area (Å²) < 4.78 is 26.7. The number of rotatable bonds is 7. The molecule has 1 amide bonds. The standard InChI is InChI=1S/C20H28N4O4S/c1-3-13-29(27,28)24-12-8-7-11-17(24)20(26)23(4-2)14-18-21-16-10-6-5-9-15(16)19(25)22-18/h5-6,9-10,17H,3-4,7-8,11-14H2,1-2H3,(H,21,22,25). The van der Waals surface area contributed by atoms with Crippen LogP contribution in [0.15, 0.2) is 29.1 Å². The van der Waals surface area contributed by atoms with E-state index in [0.29, 0.717) is 42.7 Å². The van der Waals surface area contributed by atoms with E-state index >= 15 is 0 Å². The number of likely N-dealkylation sites (N-methyl/N-ethyl adjacent to an activating group) is 1. The van der Waals surface area contributed by atoms with Crippen LogP contribution < -0.4 is 5.56 Å². The van der Waals surface area contributed by atoms with Crippen molar-refractivity contribution in [3.63, 3.8) is 0 Å². The fourth-order valence-electron chi connectivity index (χ4n) is 3.81. The maximum atomic E-state index is 13.2. The zero-order valence-corrected chi connectivity index (χ0v) is 17.7. The normalized spacial score (nSPS) is 18.1. The zero-order valence-electron chi connectivity index (χ0n) is 16.9. The number of carbonyl (C=O) groups is 1. The second-order valence-corrected chi connectivity index (χ2v) is 9.36. The number of hydrogen-bond acceptors (Lipinski definition) is 5. The summed E-state index contributed by atoms with van der Waals surface area (Å²) in [6.07, 6.45) is 2.61. The Morgan fingerprint density at radius 2 is 2.03 bits per heavy atom. The number of nitrogens with one attached hydrogen (secondary N) is 1. The molecule has 1 fully saturated rings. The number of fused-ring (bicyclic) bond motifs is 1. The SMILES string of the molecule is CCCS(=O)(=O)N1CCCCC1C(=O)N(CC)Cc1nc2ccccc2c(=O)[nH]1. The molecule has 2 aromatic rings. The molecule has 1 aromatic carbocycles. The number of aromatic amines is 1. The molecule has 1 aliphatic rings. The van der Waals surface area contributed by atoms with Crippen LogP contribution in [-0.2, 0) is 21.4 Å². The monoisotopic (exact) mass is 420 g/mol. The van der Waals surface area contributed by atoms with Crippen molar-refractivity contribution in [1.82, 2.24) is 19.2 Å². The van der Waals surface area contributed by atoms with Crippen LogP contribution in [0.2, 0.25) is 0 Å². The number of aromatic nitrogens is 2. The topological polar surface area (TPSA) is 103 Å². The average Bonchev–Trinajstić information content (AvgIpc) is 2.71. The lowest BCUT2D eigenvalue weighted by Crippen LogP contribution is -2.53. The molecule has 1 unspecified atom stereocenters. The summed E-state index contributed by atoms with van der Waals surface area (Å²) in [7, 11) is -3.47. The van der Waals surface area contributed by atoms with Gasteiger partial charge in [-0.05, 0) is 38.3 Å². The van der Waals surface area contributed by atoms with Crippen LogP contribution in [0.1, 0.15) is 45.4 Å². The van der Waals surface area contributed by atoms with Crippen LogP contribution in [0.5, 0.6) is 0 Å². The number of piperidine rings is 1. The van der Waals surface area contributed by atoms with Crippen molar-refractivity contribution in [2.45, 2.75) is 52.1 Å². The van der Waals surface area contributed by atoms with Gasteiger partial charge in [-0.25, -0.2) is 13.4 Å². The van der Waals surface area contributed by atoms with Gasteiger partial charge in [-0.15, -0.1) is 0 Å². The molecule has 8 nitrogen and oxygen atoms in total. The van der Waals surface area contributed by atoms with Gasteiger partial charge in [0.15, 0.2) is 0 Å². The van der Waals surface area contributed by atoms with Gasteiger partial charge in [0.05, 0.1) is 23.2 Å². The first-order valence-electron chi connectivity index (χ1n) is 10.1. The number of carbonyl (C=O) groups excluding carboxylic acids is 1. The first-order chi connectivity index (χ1) is 13.9. The fourth-order valence-corrected chi connectivity index (χ4v) is 5.55. The van der Waals surface area contributed by atoms with Gasteiger partial charge < -0.3 is 9.88 Å². The molecule has 0 spiro atoms. The number of amides is 1. The van der Waals surface area contributed by atoms with Gasteiger partial charge in [-0.2, -0.15) is 4.31 Å². The van der Waals surface area contributed by atoms with Crippen LogP contribution in [0.3, 0.4) is 0 Å². The molecule has 29 heavy (non-hydrogen) atoms. The Kier molecular flexibility index (Phi) is 6.69. The largest absolute Gasteiger partial charge is 0.334 e. The van der Waals surface area contributed by atoms with Crippen molar-refractivity contribution < 1.29 is 13.2 Å². The molecule has 158 valence electrons. The Morgan fingerprint density at radius 3 is 2.76 bits per heavy atom. The molecular weight excluding hydrogens is 392 g/mol. The minimum atomic E-state index is -3.47. The summed E-state index contributed by atoms with van der Waals surface area (Å²) in [4.78, 5) is 34.3. The Morgan fingerprint density at radius 1 is 1.28 bits per heavy atom. The second-order valence-electron chi connectivity index (χ2n) is 7.32. The van der Waals surface area contributed by atoms with E-state index in [4.69, 9.17) is 0 Å². The number of benzene rings is 1. The van der Waals surface area contributed by atoms with Crippen molar-refractivity contribution in [3.8, 4) is 0 Å². The van der Waals surface area contributed by atoms with Crippen LogP contribution in [-0.4, -0.2) is 58.4 Å². The van der Waals surface area contributed by atoms with E-state index in [1.54, 1.807) is 29.2 Å². The highest BCUT2D eigenvalue weighted by atomic mass is 32.2. The predicted octanol–water partition coefficient (Wildman–Crippen LogP) is 1.87. The van der Waals surface area contributed by atoms with E-state index < -0.39 is 16.1 Å². The number of hydrogen-bond donors (Lipinski definition) is 1. The van der Waals surface area contributed by atoms with Gasteiger partial charge in [-0.1, -0.05) is 25.5 Å². The lowest BCUT2D eigenvalue weighted by atomic mass is 10.0. The maximum absolute atomic E-state index is 13.2. The van der Waals surface area contributed by atoms with Crippen LogP contribution in [0.25, 0.3) is 10.9 Å². The summed E-state index contributed by atoms with van der Waals surface area (Å²) >= 11 is 0. The van der Waals surface area contributed by atoms with Gasteiger partial charge in [0.1, 0.15) is 11.9 Å². The van der Waals surface area contributed by atoms with E-state index in [-0.39, 0.29) is 23.8 Å². The van der Waals surface area contributed by atoms with Gasteiger partial charge in [-0.3, -0.25) is 9.59 Å². The molecule has 9 heteroatoms. The molecule has 3 rings (SSSR count). The van der Waals surface area contributed by atoms with E-state index in [2.05, 4.69) is 9.97 Å². The minimum Gasteiger partial charge on any atom is -0.334 e. The lowest BCUT2D eigenvalue weighted by Gasteiger charge is -2.36. The molecule has 1 saturated heterocycles. The van der Waals surface area contributed by atoms with Gasteiger partial charge in [0.2, 0.25) is 15.9 Å². The number of nitrogens with zero attached hydrogens (tertiary/aromatic N) is 3. The second kappa shape index (κ2) is 9.04. The highest BCUT2D eigenvalue weighted by molar-refractivity contribution is 7.89. The molecule has 1 N–H and O–H groups in total. The highest BCUT2D eigenvalue weighted by Crippen LogP contribution is 2.23. The minimum absolute atomic E-state index is 0.0441. The van der Waals surface area contributed by atoms with Crippen LogP contribution in [0.4, 0.5) is 0 Å². The summed E-state index contributed by atoms with van der Waals surface area (Å²) in [6, 6.07) is 6.35. The maximum Gasteiger partial charge on any atom is 0.258 e. The van der Waals surface area contributed by atoms with Gasteiger partial charge in [0.25, 0.3) is 5.56 Å². The highest BCUT2D eigenvalue weighted by Gasteiger charge is 2.38. The first kappa shape index (κ1) is 21.4. The Labute approximate surface area is 171 Å². The molecule has 1 atom stereocenters. The summed E-state index contributed by atoms with van der Waals surface area (Å²) in [5.41, 5.74) is 0.318. The van der Waals surface area contributed by atoms with E-state index in [9.17, 15) is 18.0 Å². The smallest absolute Gasteiger partial charge is 0.258 e. The van der Waals surface area contributed by atoms with Crippen molar-refractivity contribution in [2.24, 2.45) is 0 Å². The van der Waals surface area contributed by atoms with Gasteiger partial charge >= 0.3 is 0 Å². The van der Waals surface area contributed by atoms with E-state index in [0.717, 1.165) is 12.8 Å². The Balaban J connectivity index is 1.85. The first-order valence-corrected chi connectivity index (χ1v) is 11.7. The predicted molar refractivity (Wildman–Crippen MR) is 112 cm³/mol. The summed E-state index contributed by atoms with van der Waals surface area (Å²) in [6.45, 7) is 4.56. The molecule has 1 aliphatic heterocycles.